The fourth-order valence-electron chi connectivity index (χ4n) is 1.61. The average Bonchev–Trinajstić information content (AvgIpc) is 2.35. The van der Waals surface area contributed by atoms with Gasteiger partial charge in [-0.15, -0.1) is 0 Å². The van der Waals surface area contributed by atoms with Gasteiger partial charge in [-0.3, -0.25) is 0 Å². The Morgan fingerprint density at radius 3 is 2.65 bits per heavy atom. The summed E-state index contributed by atoms with van der Waals surface area (Å²) in [6.07, 6.45) is 0.909. The number of methoxy groups -OCH3 is 1. The van der Waals surface area contributed by atoms with Gasteiger partial charge in [0.15, 0.2) is 0 Å². The number of ether oxygens (including phenoxy) is 1. The molecule has 0 amide bonds. The molecule has 0 spiro atoms. The summed E-state index contributed by atoms with van der Waals surface area (Å²) in [5, 5.41) is 9.02. The van der Waals surface area contributed by atoms with E-state index in [2.05, 4.69) is 6.92 Å². The van der Waals surface area contributed by atoms with Crippen molar-refractivity contribution >= 4 is 11.7 Å². The number of hydrogen-bond acceptors (Lipinski definition) is 3. The molecule has 1 atom stereocenters. The van der Waals surface area contributed by atoms with E-state index in [1.54, 1.807) is 26.0 Å². The van der Waals surface area contributed by atoms with Crippen molar-refractivity contribution in [2.45, 2.75) is 26.3 Å². The van der Waals surface area contributed by atoms with E-state index in [9.17, 15) is 4.79 Å². The molecule has 0 aliphatic carbocycles. The number of benzene rings is 1. The lowest BCUT2D eigenvalue weighted by molar-refractivity contribution is -0.138. The molecule has 0 fully saturated rings. The molecule has 1 aromatic rings. The highest BCUT2D eigenvalue weighted by Crippen LogP contribution is 2.30. The SMILES string of the molecule is CCc1ccc(OC)c(N(C)C(C)C(=O)O)c1. The smallest absolute Gasteiger partial charge is 0.326 e. The minimum absolute atomic E-state index is 0.587. The van der Waals surface area contributed by atoms with Crippen molar-refractivity contribution < 1.29 is 14.6 Å². The van der Waals surface area contributed by atoms with Gasteiger partial charge in [-0.05, 0) is 31.0 Å². The highest BCUT2D eigenvalue weighted by molar-refractivity contribution is 5.78. The van der Waals surface area contributed by atoms with Crippen LogP contribution in [0, 0.1) is 0 Å². The third kappa shape index (κ3) is 2.90. The van der Waals surface area contributed by atoms with Crippen molar-refractivity contribution in [2.24, 2.45) is 0 Å². The zero-order valence-corrected chi connectivity index (χ0v) is 10.7. The van der Waals surface area contributed by atoms with Crippen LogP contribution in [0.1, 0.15) is 19.4 Å². The van der Waals surface area contributed by atoms with Crippen molar-refractivity contribution in [3.05, 3.63) is 23.8 Å². The summed E-state index contributed by atoms with van der Waals surface area (Å²) < 4.78 is 5.26. The Kier molecular flexibility index (Phi) is 4.37. The van der Waals surface area contributed by atoms with Gasteiger partial charge in [-0.1, -0.05) is 13.0 Å². The molecular formula is C13H19NO3. The van der Waals surface area contributed by atoms with E-state index in [1.807, 2.05) is 18.2 Å². The molecule has 1 unspecified atom stereocenters. The van der Waals surface area contributed by atoms with E-state index in [4.69, 9.17) is 9.84 Å². The van der Waals surface area contributed by atoms with Crippen LogP contribution in [0.5, 0.6) is 5.75 Å². The Morgan fingerprint density at radius 1 is 1.53 bits per heavy atom. The fraction of sp³-hybridized carbons (Fsp3) is 0.462. The number of carboxylic acids is 1. The van der Waals surface area contributed by atoms with Gasteiger partial charge >= 0.3 is 5.97 Å². The summed E-state index contributed by atoms with van der Waals surface area (Å²) >= 11 is 0. The van der Waals surface area contributed by atoms with Gasteiger partial charge in [0.05, 0.1) is 12.8 Å². The summed E-state index contributed by atoms with van der Waals surface area (Å²) in [7, 11) is 3.35. The maximum absolute atomic E-state index is 11.0. The minimum atomic E-state index is -0.851. The molecule has 1 rings (SSSR count). The van der Waals surface area contributed by atoms with E-state index in [0.29, 0.717) is 5.75 Å². The standard InChI is InChI=1S/C13H19NO3/c1-5-10-6-7-12(17-4)11(8-10)14(3)9(2)13(15)16/h6-9H,5H2,1-4H3,(H,15,16). The zero-order chi connectivity index (χ0) is 13.0. The Labute approximate surface area is 102 Å². The summed E-state index contributed by atoms with van der Waals surface area (Å²) in [6.45, 7) is 3.71. The van der Waals surface area contributed by atoms with Crippen LogP contribution in [-0.2, 0) is 11.2 Å². The molecule has 0 radical (unpaired) electrons. The van der Waals surface area contributed by atoms with Crippen LogP contribution >= 0.6 is 0 Å². The topological polar surface area (TPSA) is 49.8 Å². The van der Waals surface area contributed by atoms with E-state index in [-0.39, 0.29) is 0 Å². The molecule has 4 nitrogen and oxygen atoms in total. The second kappa shape index (κ2) is 5.57. The normalized spacial score (nSPS) is 12.0. The molecule has 0 saturated heterocycles. The van der Waals surface area contributed by atoms with E-state index >= 15 is 0 Å². The predicted octanol–water partition coefficient (Wildman–Crippen LogP) is 2.17. The first-order valence-corrected chi connectivity index (χ1v) is 5.63. The first-order chi connectivity index (χ1) is 8.01. The van der Waals surface area contributed by atoms with Gasteiger partial charge in [0.1, 0.15) is 11.8 Å². The fourth-order valence-corrected chi connectivity index (χ4v) is 1.61. The molecular weight excluding hydrogens is 218 g/mol. The first kappa shape index (κ1) is 13.4. The second-order valence-corrected chi connectivity index (χ2v) is 3.98. The molecule has 17 heavy (non-hydrogen) atoms. The van der Waals surface area contributed by atoms with Crippen LogP contribution in [0.15, 0.2) is 18.2 Å². The molecule has 0 aromatic heterocycles. The number of nitrogens with zero attached hydrogens (tertiary/aromatic N) is 1. The number of likely N-dealkylation sites (N-methyl/N-ethyl adjacent to an activating group) is 1. The second-order valence-electron chi connectivity index (χ2n) is 3.98. The lowest BCUT2D eigenvalue weighted by Gasteiger charge is -2.26. The maximum atomic E-state index is 11.0. The number of carbonyl (C=O) groups is 1. The number of hydrogen-bond donors (Lipinski definition) is 1. The average molecular weight is 237 g/mol. The quantitative estimate of drug-likeness (QED) is 0.852. The zero-order valence-electron chi connectivity index (χ0n) is 10.7. The lowest BCUT2D eigenvalue weighted by Crippen LogP contribution is -2.36. The van der Waals surface area contributed by atoms with E-state index < -0.39 is 12.0 Å². The van der Waals surface area contributed by atoms with Crippen molar-refractivity contribution in [3.8, 4) is 5.75 Å². The van der Waals surface area contributed by atoms with Crippen LogP contribution < -0.4 is 9.64 Å². The Balaban J connectivity index is 3.13. The number of anilines is 1. The van der Waals surface area contributed by atoms with Gasteiger partial charge in [-0.2, -0.15) is 0 Å². The molecule has 0 heterocycles. The highest BCUT2D eigenvalue weighted by Gasteiger charge is 2.20. The van der Waals surface area contributed by atoms with Crippen LogP contribution in [0.2, 0.25) is 0 Å². The summed E-state index contributed by atoms with van der Waals surface area (Å²) in [4.78, 5) is 12.7. The van der Waals surface area contributed by atoms with E-state index in [0.717, 1.165) is 17.7 Å². The molecule has 0 saturated carbocycles. The Morgan fingerprint density at radius 2 is 2.18 bits per heavy atom. The number of aryl methyl sites for hydroxylation is 1. The predicted molar refractivity (Wildman–Crippen MR) is 67.9 cm³/mol. The van der Waals surface area contributed by atoms with Gasteiger partial charge in [0.25, 0.3) is 0 Å². The van der Waals surface area contributed by atoms with Gasteiger partial charge in [0, 0.05) is 7.05 Å². The van der Waals surface area contributed by atoms with Crippen molar-refractivity contribution in [3.63, 3.8) is 0 Å². The third-order valence-electron chi connectivity index (χ3n) is 2.97. The molecule has 1 aromatic carbocycles. The Hall–Kier alpha value is -1.71. The van der Waals surface area contributed by atoms with Crippen LogP contribution in [-0.4, -0.2) is 31.3 Å². The van der Waals surface area contributed by atoms with Crippen LogP contribution in [0.3, 0.4) is 0 Å². The maximum Gasteiger partial charge on any atom is 0.326 e. The first-order valence-electron chi connectivity index (χ1n) is 5.63. The molecule has 0 aliphatic rings. The molecule has 1 N–H and O–H groups in total. The largest absolute Gasteiger partial charge is 0.495 e. The molecule has 0 bridgehead atoms. The van der Waals surface area contributed by atoms with Crippen molar-refractivity contribution in [1.82, 2.24) is 0 Å². The highest BCUT2D eigenvalue weighted by atomic mass is 16.5. The monoisotopic (exact) mass is 237 g/mol. The molecule has 0 aliphatic heterocycles. The van der Waals surface area contributed by atoms with Crippen LogP contribution in [0.4, 0.5) is 5.69 Å². The van der Waals surface area contributed by atoms with Gasteiger partial charge in [-0.25, -0.2) is 4.79 Å². The Bertz CT molecular complexity index is 404. The van der Waals surface area contributed by atoms with Crippen molar-refractivity contribution in [2.75, 3.05) is 19.1 Å². The third-order valence-corrected chi connectivity index (χ3v) is 2.97. The summed E-state index contributed by atoms with van der Waals surface area (Å²) in [5.74, 6) is -0.158. The van der Waals surface area contributed by atoms with E-state index in [1.165, 1.54) is 0 Å². The van der Waals surface area contributed by atoms with Crippen LogP contribution in [0.25, 0.3) is 0 Å². The number of rotatable bonds is 5. The van der Waals surface area contributed by atoms with Gasteiger partial charge < -0.3 is 14.7 Å². The molecule has 94 valence electrons. The minimum Gasteiger partial charge on any atom is -0.495 e. The molecule has 4 heteroatoms. The van der Waals surface area contributed by atoms with Gasteiger partial charge in [0.2, 0.25) is 0 Å². The number of carboxylic acid groups (broad SMARTS) is 1. The van der Waals surface area contributed by atoms with Crippen molar-refractivity contribution in [1.29, 1.82) is 0 Å². The summed E-state index contributed by atoms with van der Waals surface area (Å²) in [6, 6.07) is 5.25. The number of aliphatic carboxylic acids is 1. The lowest BCUT2D eigenvalue weighted by atomic mass is 10.1. The summed E-state index contributed by atoms with van der Waals surface area (Å²) in [5.41, 5.74) is 1.96.